The number of hydrogen-bond donors (Lipinski definition) is 1. The molecule has 15 heavy (non-hydrogen) atoms. The van der Waals surface area contributed by atoms with Crippen LogP contribution in [0, 0.1) is 11.7 Å². The molecule has 1 saturated carbocycles. The molecule has 0 amide bonds. The van der Waals surface area contributed by atoms with E-state index in [4.69, 9.17) is 0 Å². The van der Waals surface area contributed by atoms with Crippen LogP contribution in [0.2, 0.25) is 0 Å². The first-order valence-corrected chi connectivity index (χ1v) is 5.72. The highest BCUT2D eigenvalue weighted by Gasteiger charge is 2.20. The second-order valence-corrected chi connectivity index (χ2v) is 4.63. The maximum absolute atomic E-state index is 12.9. The Bertz CT molecular complexity index is 324. The molecule has 0 bridgehead atoms. The standard InChI is InChI=1S/C13H18FN/c1-10-5-6-13(7-10)15-9-11-3-2-4-12(14)8-11/h2-4,8,10,13,15H,5-7,9H2,1H3/t10-,13+/m1/s1. The van der Waals surface area contributed by atoms with Gasteiger partial charge in [-0.1, -0.05) is 19.1 Å². The van der Waals surface area contributed by atoms with E-state index in [1.54, 1.807) is 12.1 Å². The molecule has 1 N–H and O–H groups in total. The maximum Gasteiger partial charge on any atom is 0.123 e. The summed E-state index contributed by atoms with van der Waals surface area (Å²) in [5.74, 6) is 0.698. The van der Waals surface area contributed by atoms with E-state index in [-0.39, 0.29) is 5.82 Å². The molecule has 1 fully saturated rings. The van der Waals surface area contributed by atoms with E-state index in [9.17, 15) is 4.39 Å². The van der Waals surface area contributed by atoms with Crippen molar-refractivity contribution in [2.24, 2.45) is 5.92 Å². The lowest BCUT2D eigenvalue weighted by molar-refractivity contribution is 0.501. The fourth-order valence-corrected chi connectivity index (χ4v) is 2.30. The van der Waals surface area contributed by atoms with Crippen LogP contribution in [-0.2, 0) is 6.54 Å². The summed E-state index contributed by atoms with van der Waals surface area (Å²) in [5.41, 5.74) is 1.04. The van der Waals surface area contributed by atoms with Crippen LogP contribution < -0.4 is 5.32 Å². The van der Waals surface area contributed by atoms with Gasteiger partial charge in [0.25, 0.3) is 0 Å². The highest BCUT2D eigenvalue weighted by Crippen LogP contribution is 2.24. The molecule has 1 aliphatic rings. The summed E-state index contributed by atoms with van der Waals surface area (Å²) in [6.07, 6.45) is 3.84. The Hall–Kier alpha value is -0.890. The quantitative estimate of drug-likeness (QED) is 0.803. The van der Waals surface area contributed by atoms with Crippen molar-refractivity contribution in [1.82, 2.24) is 5.32 Å². The molecule has 1 aromatic rings. The first kappa shape index (κ1) is 10.6. The molecule has 0 saturated heterocycles. The molecule has 1 aliphatic carbocycles. The van der Waals surface area contributed by atoms with Crippen molar-refractivity contribution in [2.75, 3.05) is 0 Å². The number of benzene rings is 1. The Kier molecular flexibility index (Phi) is 3.37. The van der Waals surface area contributed by atoms with E-state index in [2.05, 4.69) is 12.2 Å². The zero-order valence-electron chi connectivity index (χ0n) is 9.17. The predicted molar refractivity (Wildman–Crippen MR) is 60.0 cm³/mol. The minimum atomic E-state index is -0.144. The van der Waals surface area contributed by atoms with Crippen LogP contribution in [0.4, 0.5) is 4.39 Å². The molecule has 0 unspecified atom stereocenters. The normalized spacial score (nSPS) is 25.7. The Morgan fingerprint density at radius 3 is 2.93 bits per heavy atom. The van der Waals surface area contributed by atoms with Crippen molar-refractivity contribution in [2.45, 2.75) is 38.8 Å². The van der Waals surface area contributed by atoms with Gasteiger partial charge in [0.05, 0.1) is 0 Å². The van der Waals surface area contributed by atoms with E-state index >= 15 is 0 Å². The Balaban J connectivity index is 1.83. The van der Waals surface area contributed by atoms with Gasteiger partial charge in [0.15, 0.2) is 0 Å². The SMILES string of the molecule is C[C@@H]1CC[C@H](NCc2cccc(F)c2)C1. The second kappa shape index (κ2) is 4.75. The van der Waals surface area contributed by atoms with Gasteiger partial charge in [0.2, 0.25) is 0 Å². The summed E-state index contributed by atoms with van der Waals surface area (Å²) < 4.78 is 12.9. The van der Waals surface area contributed by atoms with Gasteiger partial charge in [-0.25, -0.2) is 4.39 Å². The van der Waals surface area contributed by atoms with Gasteiger partial charge >= 0.3 is 0 Å². The molecule has 2 rings (SSSR count). The number of hydrogen-bond acceptors (Lipinski definition) is 1. The van der Waals surface area contributed by atoms with E-state index in [0.29, 0.717) is 6.04 Å². The average molecular weight is 207 g/mol. The van der Waals surface area contributed by atoms with Gasteiger partial charge < -0.3 is 5.32 Å². The van der Waals surface area contributed by atoms with Crippen LogP contribution in [0.3, 0.4) is 0 Å². The second-order valence-electron chi connectivity index (χ2n) is 4.63. The van der Waals surface area contributed by atoms with Crippen LogP contribution in [0.25, 0.3) is 0 Å². The largest absolute Gasteiger partial charge is 0.310 e. The van der Waals surface area contributed by atoms with E-state index in [1.165, 1.54) is 25.3 Å². The van der Waals surface area contributed by atoms with Gasteiger partial charge in [-0.3, -0.25) is 0 Å². The van der Waals surface area contributed by atoms with Crippen LogP contribution in [0.5, 0.6) is 0 Å². The smallest absolute Gasteiger partial charge is 0.123 e. The van der Waals surface area contributed by atoms with Crippen molar-refractivity contribution >= 4 is 0 Å². The summed E-state index contributed by atoms with van der Waals surface area (Å²) >= 11 is 0. The van der Waals surface area contributed by atoms with Crippen LogP contribution in [0.15, 0.2) is 24.3 Å². The zero-order valence-corrected chi connectivity index (χ0v) is 9.17. The first-order chi connectivity index (χ1) is 7.24. The molecule has 2 heteroatoms. The maximum atomic E-state index is 12.9. The highest BCUT2D eigenvalue weighted by atomic mass is 19.1. The molecular formula is C13H18FN. The third-order valence-electron chi connectivity index (χ3n) is 3.18. The van der Waals surface area contributed by atoms with Crippen molar-refractivity contribution in [3.05, 3.63) is 35.6 Å². The molecule has 0 aliphatic heterocycles. The highest BCUT2D eigenvalue weighted by molar-refractivity contribution is 5.16. The third kappa shape index (κ3) is 3.03. The van der Waals surface area contributed by atoms with Gasteiger partial charge in [-0.15, -0.1) is 0 Å². The van der Waals surface area contributed by atoms with Crippen LogP contribution >= 0.6 is 0 Å². The lowest BCUT2D eigenvalue weighted by atomic mass is 10.1. The molecule has 1 aromatic carbocycles. The van der Waals surface area contributed by atoms with Crippen molar-refractivity contribution < 1.29 is 4.39 Å². The van der Waals surface area contributed by atoms with Crippen molar-refractivity contribution in [1.29, 1.82) is 0 Å². The summed E-state index contributed by atoms with van der Waals surface area (Å²) in [7, 11) is 0. The molecule has 0 spiro atoms. The topological polar surface area (TPSA) is 12.0 Å². The zero-order chi connectivity index (χ0) is 10.7. The van der Waals surface area contributed by atoms with Crippen molar-refractivity contribution in [3.8, 4) is 0 Å². The van der Waals surface area contributed by atoms with Gasteiger partial charge in [-0.2, -0.15) is 0 Å². The molecule has 1 nitrogen and oxygen atoms in total. The number of nitrogens with one attached hydrogen (secondary N) is 1. The Morgan fingerprint density at radius 1 is 1.40 bits per heavy atom. The fraction of sp³-hybridized carbons (Fsp3) is 0.538. The molecule has 2 atom stereocenters. The summed E-state index contributed by atoms with van der Waals surface area (Å²) in [6, 6.07) is 7.45. The molecule has 0 aromatic heterocycles. The Morgan fingerprint density at radius 2 is 2.27 bits per heavy atom. The van der Waals surface area contributed by atoms with E-state index in [0.717, 1.165) is 18.0 Å². The molecule has 0 heterocycles. The van der Waals surface area contributed by atoms with E-state index in [1.807, 2.05) is 6.07 Å². The molecule has 82 valence electrons. The van der Waals surface area contributed by atoms with Crippen molar-refractivity contribution in [3.63, 3.8) is 0 Å². The summed E-state index contributed by atoms with van der Waals surface area (Å²) in [4.78, 5) is 0. The van der Waals surface area contributed by atoms with Crippen LogP contribution in [0.1, 0.15) is 31.7 Å². The van der Waals surface area contributed by atoms with Crippen LogP contribution in [-0.4, -0.2) is 6.04 Å². The lowest BCUT2D eigenvalue weighted by Gasteiger charge is -2.12. The minimum Gasteiger partial charge on any atom is -0.310 e. The van der Waals surface area contributed by atoms with E-state index < -0.39 is 0 Å². The summed E-state index contributed by atoms with van der Waals surface area (Å²) in [6.45, 7) is 3.08. The molecule has 0 radical (unpaired) electrons. The predicted octanol–water partition coefficient (Wildman–Crippen LogP) is 3.10. The fourth-order valence-electron chi connectivity index (χ4n) is 2.30. The van der Waals surface area contributed by atoms with Gasteiger partial charge in [-0.05, 0) is 42.9 Å². The average Bonchev–Trinajstić information content (AvgIpc) is 2.62. The summed E-state index contributed by atoms with van der Waals surface area (Å²) in [5, 5.41) is 3.49. The van der Waals surface area contributed by atoms with Gasteiger partial charge in [0.1, 0.15) is 5.82 Å². The number of halogens is 1. The third-order valence-corrected chi connectivity index (χ3v) is 3.18. The number of rotatable bonds is 3. The van der Waals surface area contributed by atoms with Gasteiger partial charge in [0, 0.05) is 12.6 Å². The Labute approximate surface area is 90.7 Å². The molecular weight excluding hydrogens is 189 g/mol. The lowest BCUT2D eigenvalue weighted by Crippen LogP contribution is -2.25. The first-order valence-electron chi connectivity index (χ1n) is 5.72. The monoisotopic (exact) mass is 207 g/mol. The minimum absolute atomic E-state index is 0.144.